The highest BCUT2D eigenvalue weighted by Gasteiger charge is 2.15. The average Bonchev–Trinajstić information content (AvgIpc) is 3.02. The lowest BCUT2D eigenvalue weighted by atomic mass is 10.1. The van der Waals surface area contributed by atoms with Gasteiger partial charge in [0.25, 0.3) is 0 Å². The summed E-state index contributed by atoms with van der Waals surface area (Å²) in [5.41, 5.74) is 3.72. The molecule has 0 saturated heterocycles. The van der Waals surface area contributed by atoms with Crippen molar-refractivity contribution >= 4 is 34.0 Å². The van der Waals surface area contributed by atoms with Crippen LogP contribution in [0.4, 0.5) is 11.5 Å². The van der Waals surface area contributed by atoms with Crippen molar-refractivity contribution < 1.29 is 4.52 Å². The molecule has 0 fully saturated rings. The number of aromatic nitrogens is 3. The van der Waals surface area contributed by atoms with Crippen LogP contribution in [0.1, 0.15) is 11.5 Å². The van der Waals surface area contributed by atoms with Gasteiger partial charge < -0.3 is 9.84 Å². The summed E-state index contributed by atoms with van der Waals surface area (Å²) in [4.78, 5) is 9.12. The topological polar surface area (TPSA) is 63.8 Å². The van der Waals surface area contributed by atoms with Crippen LogP contribution in [0.3, 0.4) is 0 Å². The molecule has 0 bridgehead atoms. The van der Waals surface area contributed by atoms with Crippen molar-refractivity contribution in [2.75, 3.05) is 5.32 Å². The zero-order chi connectivity index (χ0) is 17.4. The Hall–Kier alpha value is -2.92. The SMILES string of the molecule is Cc1ccc2cc(-c3noc(C)n3)c(Nc3ccc(Cl)cc3)nc2c1. The molecular formula is C19H15ClN4O. The van der Waals surface area contributed by atoms with Crippen LogP contribution in [-0.4, -0.2) is 15.1 Å². The van der Waals surface area contributed by atoms with Gasteiger partial charge in [-0.3, -0.25) is 0 Å². The number of nitrogens with one attached hydrogen (secondary N) is 1. The summed E-state index contributed by atoms with van der Waals surface area (Å²) < 4.78 is 5.14. The second kappa shape index (κ2) is 6.18. The molecule has 25 heavy (non-hydrogen) atoms. The molecule has 2 heterocycles. The molecule has 0 spiro atoms. The van der Waals surface area contributed by atoms with Crippen molar-refractivity contribution in [2.24, 2.45) is 0 Å². The Morgan fingerprint density at radius 3 is 2.48 bits per heavy atom. The molecule has 4 rings (SSSR count). The second-order valence-electron chi connectivity index (χ2n) is 5.85. The van der Waals surface area contributed by atoms with Gasteiger partial charge in [0, 0.05) is 23.0 Å². The summed E-state index contributed by atoms with van der Waals surface area (Å²) in [6, 6.07) is 15.6. The van der Waals surface area contributed by atoms with Crippen LogP contribution in [0, 0.1) is 13.8 Å². The van der Waals surface area contributed by atoms with Gasteiger partial charge in [0.15, 0.2) is 0 Å². The number of pyridine rings is 1. The maximum absolute atomic E-state index is 5.96. The summed E-state index contributed by atoms with van der Waals surface area (Å²) in [5.74, 6) is 1.68. The minimum absolute atomic E-state index is 0.504. The summed E-state index contributed by atoms with van der Waals surface area (Å²) >= 11 is 5.96. The first-order valence-electron chi connectivity index (χ1n) is 7.83. The van der Waals surface area contributed by atoms with Crippen molar-refractivity contribution in [1.82, 2.24) is 15.1 Å². The predicted octanol–water partition coefficient (Wildman–Crippen LogP) is 5.30. The third-order valence-electron chi connectivity index (χ3n) is 3.85. The van der Waals surface area contributed by atoms with Gasteiger partial charge in [-0.25, -0.2) is 4.98 Å². The summed E-state index contributed by atoms with van der Waals surface area (Å²) in [5, 5.41) is 9.07. The maximum Gasteiger partial charge on any atom is 0.223 e. The lowest BCUT2D eigenvalue weighted by Crippen LogP contribution is -1.98. The van der Waals surface area contributed by atoms with Gasteiger partial charge in [0.05, 0.1) is 11.1 Å². The van der Waals surface area contributed by atoms with Gasteiger partial charge in [0.1, 0.15) is 5.82 Å². The van der Waals surface area contributed by atoms with Crippen molar-refractivity contribution in [2.45, 2.75) is 13.8 Å². The van der Waals surface area contributed by atoms with Crippen LogP contribution in [0.15, 0.2) is 53.1 Å². The van der Waals surface area contributed by atoms with E-state index < -0.39 is 0 Å². The molecule has 5 nitrogen and oxygen atoms in total. The van der Waals surface area contributed by atoms with Gasteiger partial charge >= 0.3 is 0 Å². The van der Waals surface area contributed by atoms with Crippen LogP contribution in [0.5, 0.6) is 0 Å². The van der Waals surface area contributed by atoms with E-state index in [1.807, 2.05) is 49.4 Å². The Labute approximate surface area is 149 Å². The number of hydrogen-bond acceptors (Lipinski definition) is 5. The maximum atomic E-state index is 5.96. The molecule has 0 unspecified atom stereocenters. The highest BCUT2D eigenvalue weighted by molar-refractivity contribution is 6.30. The van der Waals surface area contributed by atoms with Crippen LogP contribution in [0.2, 0.25) is 5.02 Å². The largest absolute Gasteiger partial charge is 0.340 e. The van der Waals surface area contributed by atoms with E-state index in [1.54, 1.807) is 6.92 Å². The summed E-state index contributed by atoms with van der Waals surface area (Å²) in [6.07, 6.45) is 0. The van der Waals surface area contributed by atoms with Gasteiger partial charge in [-0.05, 0) is 48.9 Å². The van der Waals surface area contributed by atoms with Crippen LogP contribution in [0.25, 0.3) is 22.3 Å². The smallest absolute Gasteiger partial charge is 0.223 e. The lowest BCUT2D eigenvalue weighted by Gasteiger charge is -2.11. The molecule has 4 aromatic rings. The van der Waals surface area contributed by atoms with Gasteiger partial charge in [0.2, 0.25) is 11.7 Å². The Balaban J connectivity index is 1.87. The summed E-state index contributed by atoms with van der Waals surface area (Å²) in [7, 11) is 0. The number of fused-ring (bicyclic) bond motifs is 1. The lowest BCUT2D eigenvalue weighted by molar-refractivity contribution is 0.394. The van der Waals surface area contributed by atoms with E-state index in [1.165, 1.54) is 0 Å². The molecule has 0 atom stereocenters. The van der Waals surface area contributed by atoms with Gasteiger partial charge in [-0.15, -0.1) is 0 Å². The monoisotopic (exact) mass is 350 g/mol. The normalized spacial score (nSPS) is 11.0. The predicted molar refractivity (Wildman–Crippen MR) is 99.2 cm³/mol. The molecule has 0 aliphatic heterocycles. The molecule has 0 saturated carbocycles. The first-order chi connectivity index (χ1) is 12.1. The van der Waals surface area contributed by atoms with Crippen molar-refractivity contribution in [1.29, 1.82) is 0 Å². The standard InChI is InChI=1S/C19H15ClN4O/c1-11-3-4-13-10-16(19-21-12(2)25-24-19)18(23-17(13)9-11)22-15-7-5-14(20)6-8-15/h3-10H,1-2H3,(H,22,23). The fraction of sp³-hybridized carbons (Fsp3) is 0.105. The van der Waals surface area contributed by atoms with E-state index in [2.05, 4.69) is 21.5 Å². The van der Waals surface area contributed by atoms with Gasteiger partial charge in [-0.1, -0.05) is 28.9 Å². The molecule has 1 N–H and O–H groups in total. The molecule has 2 aromatic heterocycles. The third kappa shape index (κ3) is 3.19. The Morgan fingerprint density at radius 1 is 0.960 bits per heavy atom. The number of rotatable bonds is 3. The van der Waals surface area contributed by atoms with Gasteiger partial charge in [-0.2, -0.15) is 4.98 Å². The van der Waals surface area contributed by atoms with Crippen LogP contribution >= 0.6 is 11.6 Å². The zero-order valence-corrected chi connectivity index (χ0v) is 14.5. The third-order valence-corrected chi connectivity index (χ3v) is 4.10. The van der Waals surface area contributed by atoms with E-state index in [0.29, 0.717) is 22.6 Å². The van der Waals surface area contributed by atoms with E-state index in [0.717, 1.165) is 27.7 Å². The summed E-state index contributed by atoms with van der Waals surface area (Å²) in [6.45, 7) is 3.81. The minimum atomic E-state index is 0.504. The van der Waals surface area contributed by atoms with Crippen molar-refractivity contribution in [3.05, 3.63) is 65.0 Å². The number of aryl methyl sites for hydroxylation is 2. The van der Waals surface area contributed by atoms with Crippen molar-refractivity contribution in [3.8, 4) is 11.4 Å². The molecule has 124 valence electrons. The van der Waals surface area contributed by atoms with Crippen LogP contribution < -0.4 is 5.32 Å². The highest BCUT2D eigenvalue weighted by Crippen LogP contribution is 2.31. The zero-order valence-electron chi connectivity index (χ0n) is 13.7. The first kappa shape index (κ1) is 15.6. The molecule has 6 heteroatoms. The molecular weight excluding hydrogens is 336 g/mol. The number of halogens is 1. The molecule has 0 radical (unpaired) electrons. The number of benzene rings is 2. The van der Waals surface area contributed by atoms with E-state index in [4.69, 9.17) is 21.1 Å². The Kier molecular flexibility index (Phi) is 3.86. The molecule has 0 aliphatic carbocycles. The van der Waals surface area contributed by atoms with Crippen LogP contribution in [-0.2, 0) is 0 Å². The number of anilines is 2. The van der Waals surface area contributed by atoms with E-state index in [9.17, 15) is 0 Å². The second-order valence-corrected chi connectivity index (χ2v) is 6.29. The number of nitrogens with zero attached hydrogens (tertiary/aromatic N) is 3. The highest BCUT2D eigenvalue weighted by atomic mass is 35.5. The molecule has 0 amide bonds. The Bertz CT molecular complexity index is 1060. The average molecular weight is 351 g/mol. The Morgan fingerprint density at radius 2 is 1.76 bits per heavy atom. The molecule has 0 aliphatic rings. The fourth-order valence-corrected chi connectivity index (χ4v) is 2.75. The minimum Gasteiger partial charge on any atom is -0.340 e. The fourth-order valence-electron chi connectivity index (χ4n) is 2.62. The molecule has 2 aromatic carbocycles. The van der Waals surface area contributed by atoms with Crippen molar-refractivity contribution in [3.63, 3.8) is 0 Å². The quantitative estimate of drug-likeness (QED) is 0.543. The van der Waals surface area contributed by atoms with E-state index in [-0.39, 0.29) is 0 Å². The first-order valence-corrected chi connectivity index (χ1v) is 8.21. The number of hydrogen-bond donors (Lipinski definition) is 1. The van der Waals surface area contributed by atoms with E-state index >= 15 is 0 Å².